The number of ether oxygens (including phenoxy) is 1. The summed E-state index contributed by atoms with van der Waals surface area (Å²) >= 11 is 0. The third-order valence-corrected chi connectivity index (χ3v) is 6.10. The zero-order valence-corrected chi connectivity index (χ0v) is 17.8. The van der Waals surface area contributed by atoms with Crippen molar-refractivity contribution in [2.24, 2.45) is 5.92 Å². The highest BCUT2D eigenvalue weighted by Crippen LogP contribution is 2.34. The molecule has 0 spiro atoms. The molecule has 170 valence electrons. The fourth-order valence-electron chi connectivity index (χ4n) is 4.39. The SMILES string of the molecule is O=C(N1CCOCC1)N1CC(C=Cc2ccccc2)CC(c2ccc(C(F)(F)F)cc2)C1. The Kier molecular flexibility index (Phi) is 6.84. The van der Waals surface area contributed by atoms with Gasteiger partial charge in [0.2, 0.25) is 0 Å². The van der Waals surface area contributed by atoms with Gasteiger partial charge in [-0.25, -0.2) is 4.79 Å². The summed E-state index contributed by atoms with van der Waals surface area (Å²) in [5.41, 5.74) is 1.25. The summed E-state index contributed by atoms with van der Waals surface area (Å²) in [5, 5.41) is 0. The van der Waals surface area contributed by atoms with Crippen molar-refractivity contribution in [3.8, 4) is 0 Å². The number of likely N-dealkylation sites (tertiary alicyclic amines) is 1. The molecule has 4 nitrogen and oxygen atoms in total. The maximum atomic E-state index is 13.2. The Morgan fingerprint density at radius 1 is 0.938 bits per heavy atom. The molecule has 2 aromatic carbocycles. The van der Waals surface area contributed by atoms with Crippen molar-refractivity contribution >= 4 is 12.1 Å². The molecule has 2 aliphatic heterocycles. The van der Waals surface area contributed by atoms with Crippen LogP contribution in [0.3, 0.4) is 0 Å². The number of alkyl halides is 3. The number of urea groups is 1. The van der Waals surface area contributed by atoms with Gasteiger partial charge in [0, 0.05) is 32.1 Å². The highest BCUT2D eigenvalue weighted by Gasteiger charge is 2.34. The summed E-state index contributed by atoms with van der Waals surface area (Å²) in [6.07, 6.45) is 0.592. The van der Waals surface area contributed by atoms with Gasteiger partial charge in [-0.2, -0.15) is 13.2 Å². The number of amides is 2. The molecule has 2 unspecified atom stereocenters. The summed E-state index contributed by atoms with van der Waals surface area (Å²) in [7, 11) is 0. The second kappa shape index (κ2) is 9.77. The number of halogens is 3. The van der Waals surface area contributed by atoms with Gasteiger partial charge in [0.15, 0.2) is 0 Å². The molecular weight excluding hydrogens is 417 g/mol. The molecule has 0 aliphatic carbocycles. The largest absolute Gasteiger partial charge is 0.416 e. The molecule has 2 amide bonds. The topological polar surface area (TPSA) is 32.8 Å². The lowest BCUT2D eigenvalue weighted by molar-refractivity contribution is -0.137. The smallest absolute Gasteiger partial charge is 0.378 e. The first-order valence-corrected chi connectivity index (χ1v) is 10.9. The average Bonchev–Trinajstić information content (AvgIpc) is 2.83. The number of hydrogen-bond acceptors (Lipinski definition) is 2. The molecule has 2 heterocycles. The first-order chi connectivity index (χ1) is 15.4. The van der Waals surface area contributed by atoms with Crippen molar-refractivity contribution in [3.63, 3.8) is 0 Å². The molecule has 2 aliphatic rings. The Labute approximate surface area is 186 Å². The Bertz CT molecular complexity index is 922. The van der Waals surface area contributed by atoms with Gasteiger partial charge in [0.1, 0.15) is 0 Å². The van der Waals surface area contributed by atoms with Crippen LogP contribution in [0.15, 0.2) is 60.7 Å². The molecule has 4 rings (SSSR count). The van der Waals surface area contributed by atoms with Gasteiger partial charge in [0.05, 0.1) is 18.8 Å². The van der Waals surface area contributed by atoms with Gasteiger partial charge in [0.25, 0.3) is 0 Å². The van der Waals surface area contributed by atoms with E-state index >= 15 is 0 Å². The van der Waals surface area contributed by atoms with Crippen molar-refractivity contribution in [2.75, 3.05) is 39.4 Å². The van der Waals surface area contributed by atoms with Crippen molar-refractivity contribution in [1.82, 2.24) is 9.80 Å². The highest BCUT2D eigenvalue weighted by atomic mass is 19.4. The molecule has 2 aromatic rings. The van der Waals surface area contributed by atoms with Crippen LogP contribution < -0.4 is 0 Å². The number of carbonyl (C=O) groups excluding carboxylic acids is 1. The predicted octanol–water partition coefficient (Wildman–Crippen LogP) is 5.28. The van der Waals surface area contributed by atoms with E-state index in [0.717, 1.165) is 29.7 Å². The number of nitrogens with zero attached hydrogens (tertiary/aromatic N) is 2. The van der Waals surface area contributed by atoms with Crippen LogP contribution in [0.2, 0.25) is 0 Å². The van der Waals surface area contributed by atoms with Crippen molar-refractivity contribution < 1.29 is 22.7 Å². The maximum absolute atomic E-state index is 13.2. The lowest BCUT2D eigenvalue weighted by Crippen LogP contribution is -2.52. The molecule has 0 bridgehead atoms. The summed E-state index contributed by atoms with van der Waals surface area (Å²) in [5.74, 6) is 0.0858. The minimum Gasteiger partial charge on any atom is -0.378 e. The molecule has 0 saturated carbocycles. The summed E-state index contributed by atoms with van der Waals surface area (Å²) in [6, 6.07) is 15.3. The predicted molar refractivity (Wildman–Crippen MR) is 117 cm³/mol. The molecule has 2 saturated heterocycles. The summed E-state index contributed by atoms with van der Waals surface area (Å²) in [4.78, 5) is 16.8. The van der Waals surface area contributed by atoms with Crippen LogP contribution in [0.25, 0.3) is 6.08 Å². The van der Waals surface area contributed by atoms with Gasteiger partial charge >= 0.3 is 12.2 Å². The average molecular weight is 444 g/mol. The van der Waals surface area contributed by atoms with Crippen molar-refractivity contribution in [1.29, 1.82) is 0 Å². The van der Waals surface area contributed by atoms with E-state index in [9.17, 15) is 18.0 Å². The summed E-state index contributed by atoms with van der Waals surface area (Å²) < 4.78 is 44.3. The number of piperidine rings is 1. The quantitative estimate of drug-likeness (QED) is 0.646. The normalized spacial score (nSPS) is 22.3. The third-order valence-electron chi connectivity index (χ3n) is 6.10. The van der Waals surface area contributed by atoms with Gasteiger partial charge < -0.3 is 14.5 Å². The Balaban J connectivity index is 1.54. The minimum atomic E-state index is -4.36. The van der Waals surface area contributed by atoms with E-state index in [4.69, 9.17) is 4.74 Å². The van der Waals surface area contributed by atoms with Gasteiger partial charge in [-0.15, -0.1) is 0 Å². The standard InChI is InChI=1S/C25H27F3N2O2/c26-25(27,28)23-10-8-21(9-11-23)22-16-20(7-6-19-4-2-1-3-5-19)17-30(18-22)24(31)29-12-14-32-15-13-29/h1-11,20,22H,12-18H2. The van der Waals surface area contributed by atoms with E-state index in [1.54, 1.807) is 17.0 Å². The number of hydrogen-bond donors (Lipinski definition) is 0. The minimum absolute atomic E-state index is 0.0250. The maximum Gasteiger partial charge on any atom is 0.416 e. The number of carbonyl (C=O) groups is 1. The molecule has 0 radical (unpaired) electrons. The van der Waals surface area contributed by atoms with E-state index in [2.05, 4.69) is 12.2 Å². The van der Waals surface area contributed by atoms with Gasteiger partial charge in [-0.05, 0) is 35.6 Å². The molecular formula is C25H27F3N2O2. The first-order valence-electron chi connectivity index (χ1n) is 10.9. The van der Waals surface area contributed by atoms with Gasteiger partial charge in [-0.1, -0.05) is 54.6 Å². The van der Waals surface area contributed by atoms with E-state index in [-0.39, 0.29) is 17.9 Å². The number of rotatable bonds is 3. The third kappa shape index (κ3) is 5.51. The Morgan fingerprint density at radius 3 is 2.28 bits per heavy atom. The molecule has 0 aromatic heterocycles. The molecule has 0 N–H and O–H groups in total. The molecule has 7 heteroatoms. The van der Waals surface area contributed by atoms with Crippen LogP contribution in [0.4, 0.5) is 18.0 Å². The second-order valence-corrected chi connectivity index (χ2v) is 8.37. The monoisotopic (exact) mass is 444 g/mol. The first kappa shape index (κ1) is 22.4. The highest BCUT2D eigenvalue weighted by molar-refractivity contribution is 5.75. The lowest BCUT2D eigenvalue weighted by Gasteiger charge is -2.40. The second-order valence-electron chi connectivity index (χ2n) is 8.37. The van der Waals surface area contributed by atoms with E-state index < -0.39 is 11.7 Å². The number of morpholine rings is 1. The van der Waals surface area contributed by atoms with Crippen molar-refractivity contribution in [3.05, 3.63) is 77.4 Å². The van der Waals surface area contributed by atoms with E-state index in [1.165, 1.54) is 0 Å². The lowest BCUT2D eigenvalue weighted by atomic mass is 9.84. The van der Waals surface area contributed by atoms with Crippen LogP contribution in [0.1, 0.15) is 29.0 Å². The van der Waals surface area contributed by atoms with Crippen molar-refractivity contribution in [2.45, 2.75) is 18.5 Å². The van der Waals surface area contributed by atoms with Crippen LogP contribution in [0, 0.1) is 5.92 Å². The van der Waals surface area contributed by atoms with E-state index in [1.807, 2.05) is 35.2 Å². The fraction of sp³-hybridized carbons (Fsp3) is 0.400. The molecule has 32 heavy (non-hydrogen) atoms. The van der Waals surface area contributed by atoms with Crippen LogP contribution in [0.5, 0.6) is 0 Å². The summed E-state index contributed by atoms with van der Waals surface area (Å²) in [6.45, 7) is 3.27. The zero-order chi connectivity index (χ0) is 22.6. The van der Waals surface area contributed by atoms with E-state index in [0.29, 0.717) is 39.4 Å². The molecule has 2 atom stereocenters. The Morgan fingerprint density at radius 2 is 1.62 bits per heavy atom. The van der Waals surface area contributed by atoms with Crippen LogP contribution in [-0.4, -0.2) is 55.2 Å². The van der Waals surface area contributed by atoms with Crippen LogP contribution >= 0.6 is 0 Å². The zero-order valence-electron chi connectivity index (χ0n) is 17.8. The van der Waals surface area contributed by atoms with Gasteiger partial charge in [-0.3, -0.25) is 0 Å². The number of benzene rings is 2. The Hall–Kier alpha value is -2.80. The molecule has 2 fully saturated rings. The fourth-order valence-corrected chi connectivity index (χ4v) is 4.39. The van der Waals surface area contributed by atoms with Crippen LogP contribution in [-0.2, 0) is 10.9 Å².